The minimum Gasteiger partial charge on any atom is -0.497 e. The van der Waals surface area contributed by atoms with E-state index in [0.29, 0.717) is 0 Å². The lowest BCUT2D eigenvalue weighted by molar-refractivity contribution is 0.0140. The molecule has 0 saturated heterocycles. The van der Waals surface area contributed by atoms with Crippen molar-refractivity contribution >= 4 is 6.09 Å². The molecule has 0 aromatic heterocycles. The number of nitrogens with two attached hydrogens (primary N) is 1. The number of hydrogen-bond donors (Lipinski definition) is 1. The second kappa shape index (κ2) is 7.51. The van der Waals surface area contributed by atoms with Crippen molar-refractivity contribution < 1.29 is 19.0 Å². The molecule has 0 bridgehead atoms. The monoisotopic (exact) mass is 369 g/mol. The summed E-state index contributed by atoms with van der Waals surface area (Å²) in [7, 11) is 3.29. The van der Waals surface area contributed by atoms with Gasteiger partial charge in [-0.25, -0.2) is 4.79 Å². The molecule has 1 aliphatic rings. The summed E-state index contributed by atoms with van der Waals surface area (Å²) in [6.45, 7) is 4.28. The molecular formula is C22H27NO4. The minimum atomic E-state index is -0.722. The Kier molecular flexibility index (Phi) is 5.31. The summed E-state index contributed by atoms with van der Waals surface area (Å²) in [5.74, 6) is 1.49. The van der Waals surface area contributed by atoms with Crippen LogP contribution >= 0.6 is 0 Å². The van der Waals surface area contributed by atoms with Gasteiger partial charge in [0.05, 0.1) is 14.2 Å². The van der Waals surface area contributed by atoms with Gasteiger partial charge < -0.3 is 19.9 Å². The summed E-state index contributed by atoms with van der Waals surface area (Å²) in [5, 5.41) is 0. The van der Waals surface area contributed by atoms with E-state index in [2.05, 4.69) is 26.0 Å². The lowest BCUT2D eigenvalue weighted by Gasteiger charge is -2.32. The number of ether oxygens (including phenoxy) is 3. The van der Waals surface area contributed by atoms with Gasteiger partial charge >= 0.3 is 6.09 Å². The van der Waals surface area contributed by atoms with Crippen LogP contribution in [0, 0.1) is 5.41 Å². The molecule has 2 N–H and O–H groups in total. The van der Waals surface area contributed by atoms with E-state index in [1.165, 1.54) is 5.56 Å². The predicted molar refractivity (Wildman–Crippen MR) is 105 cm³/mol. The predicted octanol–water partition coefficient (Wildman–Crippen LogP) is 4.87. The van der Waals surface area contributed by atoms with Crippen LogP contribution in [-0.2, 0) is 11.2 Å². The fourth-order valence-corrected chi connectivity index (χ4v) is 4.15. The zero-order valence-electron chi connectivity index (χ0n) is 16.4. The molecule has 0 aliphatic heterocycles. The molecule has 0 radical (unpaired) electrons. The number of rotatable bonds is 6. The van der Waals surface area contributed by atoms with E-state index in [1.807, 2.05) is 24.3 Å². The Morgan fingerprint density at radius 2 is 1.67 bits per heavy atom. The molecule has 2 aromatic rings. The topological polar surface area (TPSA) is 70.8 Å². The first-order valence-corrected chi connectivity index (χ1v) is 9.28. The Balaban J connectivity index is 2.05. The van der Waals surface area contributed by atoms with Crippen LogP contribution in [-0.4, -0.2) is 20.3 Å². The maximum Gasteiger partial charge on any atom is 0.405 e. The quantitative estimate of drug-likeness (QED) is 0.788. The van der Waals surface area contributed by atoms with Crippen LogP contribution in [0.4, 0.5) is 4.79 Å². The molecule has 5 heteroatoms. The average Bonchev–Trinajstić information content (AvgIpc) is 3.00. The maximum absolute atomic E-state index is 11.5. The highest BCUT2D eigenvalue weighted by Crippen LogP contribution is 2.52. The van der Waals surface area contributed by atoms with Gasteiger partial charge in [-0.1, -0.05) is 32.0 Å². The van der Waals surface area contributed by atoms with E-state index in [9.17, 15) is 4.79 Å². The van der Waals surface area contributed by atoms with Gasteiger partial charge in [-0.15, -0.1) is 0 Å². The number of benzene rings is 2. The van der Waals surface area contributed by atoms with Crippen molar-refractivity contribution in [2.75, 3.05) is 14.2 Å². The molecule has 27 heavy (non-hydrogen) atoms. The number of methoxy groups -OCH3 is 2. The van der Waals surface area contributed by atoms with E-state index in [-0.39, 0.29) is 11.5 Å². The van der Waals surface area contributed by atoms with Crippen LogP contribution in [0.1, 0.15) is 43.9 Å². The Labute approximate surface area is 160 Å². The van der Waals surface area contributed by atoms with Crippen molar-refractivity contribution in [2.24, 2.45) is 11.1 Å². The van der Waals surface area contributed by atoms with Crippen molar-refractivity contribution in [2.45, 2.75) is 39.2 Å². The summed E-state index contributed by atoms with van der Waals surface area (Å²) in [4.78, 5) is 11.5. The maximum atomic E-state index is 11.5. The van der Waals surface area contributed by atoms with E-state index < -0.39 is 6.09 Å². The fourth-order valence-electron chi connectivity index (χ4n) is 4.15. The van der Waals surface area contributed by atoms with Gasteiger partial charge in [0.1, 0.15) is 17.6 Å². The molecule has 0 heterocycles. The second-order valence-corrected chi connectivity index (χ2v) is 7.08. The average molecular weight is 369 g/mol. The molecule has 5 nitrogen and oxygen atoms in total. The molecule has 0 saturated carbocycles. The summed E-state index contributed by atoms with van der Waals surface area (Å²) in [5.41, 5.74) is 9.59. The van der Waals surface area contributed by atoms with Gasteiger partial charge in [0.15, 0.2) is 0 Å². The van der Waals surface area contributed by atoms with Gasteiger partial charge in [0.25, 0.3) is 0 Å². The normalized spacial score (nSPS) is 17.3. The third-order valence-corrected chi connectivity index (χ3v) is 5.85. The van der Waals surface area contributed by atoms with Gasteiger partial charge in [0.2, 0.25) is 0 Å². The SMILES string of the molecule is CCC1(CC)Cc2cc(-c3cc(OC)cc(OC)c3)ccc2C1OC(N)=O. The third-order valence-electron chi connectivity index (χ3n) is 5.85. The summed E-state index contributed by atoms with van der Waals surface area (Å²) < 4.78 is 16.3. The Morgan fingerprint density at radius 1 is 1.04 bits per heavy atom. The molecule has 1 amide bonds. The fraction of sp³-hybridized carbons (Fsp3) is 0.409. The van der Waals surface area contributed by atoms with Crippen LogP contribution < -0.4 is 15.2 Å². The van der Waals surface area contributed by atoms with Crippen molar-refractivity contribution in [1.29, 1.82) is 0 Å². The number of hydrogen-bond acceptors (Lipinski definition) is 4. The molecule has 0 spiro atoms. The van der Waals surface area contributed by atoms with Gasteiger partial charge in [0, 0.05) is 11.5 Å². The van der Waals surface area contributed by atoms with Gasteiger partial charge in [-0.2, -0.15) is 0 Å². The molecule has 2 aromatic carbocycles. The second-order valence-electron chi connectivity index (χ2n) is 7.08. The Bertz CT molecular complexity index is 820. The number of fused-ring (bicyclic) bond motifs is 1. The summed E-state index contributed by atoms with van der Waals surface area (Å²) in [6, 6.07) is 12.1. The molecule has 1 atom stereocenters. The molecule has 1 aliphatic carbocycles. The smallest absolute Gasteiger partial charge is 0.405 e. The van der Waals surface area contributed by atoms with Crippen molar-refractivity contribution in [3.63, 3.8) is 0 Å². The lowest BCUT2D eigenvalue weighted by Crippen LogP contribution is -2.30. The van der Waals surface area contributed by atoms with Crippen LogP contribution in [0.3, 0.4) is 0 Å². The third kappa shape index (κ3) is 3.46. The van der Waals surface area contributed by atoms with Gasteiger partial charge in [-0.3, -0.25) is 0 Å². The highest BCUT2D eigenvalue weighted by molar-refractivity contribution is 5.70. The molecule has 0 fully saturated rings. The van der Waals surface area contributed by atoms with Crippen molar-refractivity contribution in [3.05, 3.63) is 47.5 Å². The number of carbonyl (C=O) groups excluding carboxylic acids is 1. The van der Waals surface area contributed by atoms with E-state index >= 15 is 0 Å². The molecular weight excluding hydrogens is 342 g/mol. The first kappa shape index (κ1) is 19.1. The largest absolute Gasteiger partial charge is 0.497 e. The van der Waals surface area contributed by atoms with Crippen molar-refractivity contribution in [1.82, 2.24) is 0 Å². The summed E-state index contributed by atoms with van der Waals surface area (Å²) in [6.07, 6.45) is 1.67. The summed E-state index contributed by atoms with van der Waals surface area (Å²) >= 11 is 0. The first-order valence-electron chi connectivity index (χ1n) is 9.28. The Morgan fingerprint density at radius 3 is 2.19 bits per heavy atom. The van der Waals surface area contributed by atoms with Crippen LogP contribution in [0.5, 0.6) is 11.5 Å². The Hall–Kier alpha value is -2.69. The number of carbonyl (C=O) groups is 1. The van der Waals surface area contributed by atoms with Crippen LogP contribution in [0.15, 0.2) is 36.4 Å². The molecule has 144 valence electrons. The van der Waals surface area contributed by atoms with E-state index in [4.69, 9.17) is 19.9 Å². The highest BCUT2D eigenvalue weighted by atomic mass is 16.6. The first-order chi connectivity index (χ1) is 13.0. The van der Waals surface area contributed by atoms with Gasteiger partial charge in [-0.05, 0) is 53.6 Å². The number of primary amides is 1. The zero-order valence-corrected chi connectivity index (χ0v) is 16.4. The van der Waals surface area contributed by atoms with Crippen molar-refractivity contribution in [3.8, 4) is 22.6 Å². The highest BCUT2D eigenvalue weighted by Gasteiger charge is 2.46. The molecule has 1 unspecified atom stereocenters. The zero-order chi connectivity index (χ0) is 19.6. The minimum absolute atomic E-state index is 0.109. The van der Waals surface area contributed by atoms with Crippen LogP contribution in [0.2, 0.25) is 0 Å². The van der Waals surface area contributed by atoms with Crippen LogP contribution in [0.25, 0.3) is 11.1 Å². The van der Waals surface area contributed by atoms with E-state index in [1.54, 1.807) is 14.2 Å². The molecule has 3 rings (SSSR count). The van der Waals surface area contributed by atoms with E-state index in [0.717, 1.165) is 47.5 Å². The standard InChI is InChI=1S/C22H27NO4/c1-5-22(6-2)13-16-9-14(7-8-19(16)20(22)27-21(23)24)15-10-17(25-3)12-18(11-15)26-4/h7-12,20H,5-6,13H2,1-4H3,(H2,23,24). The lowest BCUT2D eigenvalue weighted by atomic mass is 9.77. The number of amides is 1.